The van der Waals surface area contributed by atoms with Gasteiger partial charge in [-0.3, -0.25) is 4.90 Å². The molecule has 0 bridgehead atoms. The molecule has 0 radical (unpaired) electrons. The lowest BCUT2D eigenvalue weighted by molar-refractivity contribution is 0.180. The van der Waals surface area contributed by atoms with E-state index in [1.165, 1.54) is 25.9 Å². The van der Waals surface area contributed by atoms with Gasteiger partial charge in [-0.15, -0.1) is 0 Å². The van der Waals surface area contributed by atoms with Crippen LogP contribution >= 0.6 is 0 Å². The number of nitrogens with one attached hydrogen (secondary N) is 1. The van der Waals surface area contributed by atoms with Gasteiger partial charge in [0, 0.05) is 18.6 Å². The van der Waals surface area contributed by atoms with E-state index in [0.29, 0.717) is 18.0 Å². The molecule has 98 valence electrons. The maximum Gasteiger partial charge on any atom is 0.0218 e. The lowest BCUT2D eigenvalue weighted by atomic mass is 10.0. The van der Waals surface area contributed by atoms with E-state index in [1.807, 2.05) is 0 Å². The Labute approximate surface area is 103 Å². The summed E-state index contributed by atoms with van der Waals surface area (Å²) in [5.41, 5.74) is 0. The standard InChI is InChI=1S/C14H32N2/c1-7-9-15-14(12(3)4)11-16(10-8-2)13(5)6/h12-15H,7-11H2,1-6H3. The summed E-state index contributed by atoms with van der Waals surface area (Å²) in [6, 6.07) is 1.29. The molecule has 0 spiro atoms. The third-order valence-electron chi connectivity index (χ3n) is 3.13. The molecule has 0 aliphatic carbocycles. The second kappa shape index (κ2) is 9.00. The van der Waals surface area contributed by atoms with Gasteiger partial charge < -0.3 is 5.32 Å². The molecular weight excluding hydrogens is 196 g/mol. The normalized spacial score (nSPS) is 14.1. The molecule has 1 atom stereocenters. The summed E-state index contributed by atoms with van der Waals surface area (Å²) < 4.78 is 0. The molecule has 0 aliphatic heterocycles. The van der Waals surface area contributed by atoms with Gasteiger partial charge in [-0.2, -0.15) is 0 Å². The average Bonchev–Trinajstić information content (AvgIpc) is 2.21. The van der Waals surface area contributed by atoms with Crippen molar-refractivity contribution in [1.82, 2.24) is 10.2 Å². The number of hydrogen-bond acceptors (Lipinski definition) is 2. The second-order valence-corrected chi connectivity index (χ2v) is 5.39. The maximum atomic E-state index is 3.67. The zero-order valence-electron chi connectivity index (χ0n) is 12.2. The summed E-state index contributed by atoms with van der Waals surface area (Å²) in [4.78, 5) is 2.59. The van der Waals surface area contributed by atoms with Gasteiger partial charge in [0.1, 0.15) is 0 Å². The molecule has 0 saturated heterocycles. The number of hydrogen-bond donors (Lipinski definition) is 1. The predicted octanol–water partition coefficient (Wildman–Crippen LogP) is 3.13. The zero-order valence-corrected chi connectivity index (χ0v) is 12.2. The average molecular weight is 228 g/mol. The molecule has 2 nitrogen and oxygen atoms in total. The van der Waals surface area contributed by atoms with Crippen molar-refractivity contribution < 1.29 is 0 Å². The minimum Gasteiger partial charge on any atom is -0.312 e. The van der Waals surface area contributed by atoms with Crippen LogP contribution < -0.4 is 5.32 Å². The fourth-order valence-corrected chi connectivity index (χ4v) is 1.94. The molecule has 2 heteroatoms. The summed E-state index contributed by atoms with van der Waals surface area (Å²) in [6.07, 6.45) is 2.47. The van der Waals surface area contributed by atoms with Gasteiger partial charge in [0.25, 0.3) is 0 Å². The van der Waals surface area contributed by atoms with Crippen LogP contribution in [0.1, 0.15) is 54.4 Å². The van der Waals surface area contributed by atoms with Crippen molar-refractivity contribution >= 4 is 0 Å². The van der Waals surface area contributed by atoms with Gasteiger partial charge in [-0.1, -0.05) is 27.7 Å². The molecule has 0 aromatic rings. The first-order chi connectivity index (χ1) is 7.52. The predicted molar refractivity (Wildman–Crippen MR) is 73.9 cm³/mol. The molecule has 0 heterocycles. The number of nitrogens with zero attached hydrogens (tertiary/aromatic N) is 1. The molecule has 1 N–H and O–H groups in total. The van der Waals surface area contributed by atoms with Crippen LogP contribution in [0, 0.1) is 5.92 Å². The molecule has 0 saturated carbocycles. The third-order valence-corrected chi connectivity index (χ3v) is 3.13. The summed E-state index contributed by atoms with van der Waals surface area (Å²) in [5.74, 6) is 0.713. The Bertz CT molecular complexity index is 155. The number of rotatable bonds is 9. The molecule has 1 unspecified atom stereocenters. The molecule has 16 heavy (non-hydrogen) atoms. The monoisotopic (exact) mass is 228 g/mol. The zero-order chi connectivity index (χ0) is 12.6. The van der Waals surface area contributed by atoms with E-state index >= 15 is 0 Å². The molecule has 0 aromatic heterocycles. The van der Waals surface area contributed by atoms with Gasteiger partial charge in [0.15, 0.2) is 0 Å². The molecule has 0 fully saturated rings. The van der Waals surface area contributed by atoms with Crippen LogP contribution in [-0.2, 0) is 0 Å². The highest BCUT2D eigenvalue weighted by Crippen LogP contribution is 2.08. The van der Waals surface area contributed by atoms with Crippen molar-refractivity contribution in [3.05, 3.63) is 0 Å². The van der Waals surface area contributed by atoms with Crippen molar-refractivity contribution in [1.29, 1.82) is 0 Å². The SMILES string of the molecule is CCCNC(CN(CCC)C(C)C)C(C)C. The molecular formula is C14H32N2. The Hall–Kier alpha value is -0.0800. The first-order valence-electron chi connectivity index (χ1n) is 7.00. The Balaban J connectivity index is 4.21. The van der Waals surface area contributed by atoms with E-state index < -0.39 is 0 Å². The van der Waals surface area contributed by atoms with Crippen molar-refractivity contribution in [3.8, 4) is 0 Å². The van der Waals surface area contributed by atoms with Crippen LogP contribution in [0.2, 0.25) is 0 Å². The minimum absolute atomic E-state index is 0.633. The van der Waals surface area contributed by atoms with Crippen molar-refractivity contribution in [2.24, 2.45) is 5.92 Å². The van der Waals surface area contributed by atoms with Crippen molar-refractivity contribution in [2.45, 2.75) is 66.5 Å². The Morgan fingerprint density at radius 2 is 1.62 bits per heavy atom. The van der Waals surface area contributed by atoms with Crippen LogP contribution in [0.3, 0.4) is 0 Å². The van der Waals surface area contributed by atoms with E-state index in [9.17, 15) is 0 Å². The first kappa shape index (κ1) is 15.9. The Kier molecular flexibility index (Phi) is 8.96. The molecule has 0 aliphatic rings. The summed E-state index contributed by atoms with van der Waals surface area (Å²) >= 11 is 0. The van der Waals surface area contributed by atoms with Gasteiger partial charge in [-0.05, 0) is 45.7 Å². The van der Waals surface area contributed by atoms with E-state index in [4.69, 9.17) is 0 Å². The van der Waals surface area contributed by atoms with Crippen LogP contribution in [0.5, 0.6) is 0 Å². The van der Waals surface area contributed by atoms with Crippen LogP contribution in [0.25, 0.3) is 0 Å². The quantitative estimate of drug-likeness (QED) is 0.652. The fraction of sp³-hybridized carbons (Fsp3) is 1.00. The van der Waals surface area contributed by atoms with E-state index in [1.54, 1.807) is 0 Å². The first-order valence-corrected chi connectivity index (χ1v) is 7.00. The molecule has 0 amide bonds. The molecule has 0 rings (SSSR count). The van der Waals surface area contributed by atoms with Gasteiger partial charge in [0.2, 0.25) is 0 Å². The van der Waals surface area contributed by atoms with E-state index in [2.05, 4.69) is 51.8 Å². The maximum absolute atomic E-state index is 3.67. The van der Waals surface area contributed by atoms with Crippen LogP contribution in [0.4, 0.5) is 0 Å². The third kappa shape index (κ3) is 6.49. The second-order valence-electron chi connectivity index (χ2n) is 5.39. The van der Waals surface area contributed by atoms with Crippen molar-refractivity contribution in [2.75, 3.05) is 19.6 Å². The van der Waals surface area contributed by atoms with Gasteiger partial charge in [0.05, 0.1) is 0 Å². The van der Waals surface area contributed by atoms with E-state index in [0.717, 1.165) is 6.54 Å². The van der Waals surface area contributed by atoms with Crippen molar-refractivity contribution in [3.63, 3.8) is 0 Å². The highest BCUT2D eigenvalue weighted by molar-refractivity contribution is 4.76. The highest BCUT2D eigenvalue weighted by atomic mass is 15.2. The minimum atomic E-state index is 0.633. The molecule has 0 aromatic carbocycles. The smallest absolute Gasteiger partial charge is 0.0218 e. The Morgan fingerprint density at radius 1 is 1.00 bits per heavy atom. The fourth-order valence-electron chi connectivity index (χ4n) is 1.94. The topological polar surface area (TPSA) is 15.3 Å². The highest BCUT2D eigenvalue weighted by Gasteiger charge is 2.18. The van der Waals surface area contributed by atoms with Gasteiger partial charge in [-0.25, -0.2) is 0 Å². The van der Waals surface area contributed by atoms with E-state index in [-0.39, 0.29) is 0 Å². The summed E-state index contributed by atoms with van der Waals surface area (Å²) in [7, 11) is 0. The summed E-state index contributed by atoms with van der Waals surface area (Å²) in [5, 5.41) is 3.67. The van der Waals surface area contributed by atoms with Gasteiger partial charge >= 0.3 is 0 Å². The Morgan fingerprint density at radius 3 is 2.00 bits per heavy atom. The van der Waals surface area contributed by atoms with Crippen LogP contribution in [-0.4, -0.2) is 36.6 Å². The largest absolute Gasteiger partial charge is 0.312 e. The lowest BCUT2D eigenvalue weighted by Crippen LogP contribution is -2.47. The lowest BCUT2D eigenvalue weighted by Gasteiger charge is -2.32. The van der Waals surface area contributed by atoms with Crippen LogP contribution in [0.15, 0.2) is 0 Å². The summed E-state index contributed by atoms with van der Waals surface area (Å²) in [6.45, 7) is 17.3.